The van der Waals surface area contributed by atoms with Crippen molar-refractivity contribution in [1.82, 2.24) is 0 Å². The first-order valence-corrected chi connectivity index (χ1v) is 9.58. The first-order valence-electron chi connectivity index (χ1n) is 6.17. The van der Waals surface area contributed by atoms with Gasteiger partial charge in [-0.05, 0) is 47.3 Å². The zero-order valence-corrected chi connectivity index (χ0v) is 12.8. The van der Waals surface area contributed by atoms with Crippen LogP contribution in [-0.2, 0) is 4.43 Å². The van der Waals surface area contributed by atoms with Crippen LogP contribution in [0.2, 0.25) is 19.6 Å². The second-order valence-electron chi connectivity index (χ2n) is 7.36. The van der Waals surface area contributed by atoms with E-state index in [4.69, 9.17) is 4.43 Å². The molecular weight excluding hydrogens is 218 g/mol. The van der Waals surface area contributed by atoms with Gasteiger partial charge in [-0.1, -0.05) is 0 Å². The van der Waals surface area contributed by atoms with Crippen molar-refractivity contribution in [2.75, 3.05) is 0 Å². The average Bonchev–Trinajstić information content (AvgIpc) is 1.95. The van der Waals surface area contributed by atoms with Gasteiger partial charge in [-0.3, -0.25) is 0 Å². The molecule has 0 atom stereocenters. The third-order valence-electron chi connectivity index (χ3n) is 3.23. The van der Waals surface area contributed by atoms with Crippen LogP contribution in [0, 0.1) is 5.21 Å². The van der Waals surface area contributed by atoms with E-state index in [1.807, 2.05) is 0 Å². The molecule has 0 bridgehead atoms. The van der Waals surface area contributed by atoms with Crippen molar-refractivity contribution in [2.24, 2.45) is 0 Å². The molecule has 0 radical (unpaired) electrons. The normalized spacial score (nSPS) is 33.8. The lowest BCUT2D eigenvalue weighted by Gasteiger charge is -2.55. The monoisotopic (exact) mass is 245 g/mol. The van der Waals surface area contributed by atoms with E-state index >= 15 is 0 Å². The van der Waals surface area contributed by atoms with Gasteiger partial charge in [-0.2, -0.15) is 0 Å². The van der Waals surface area contributed by atoms with E-state index in [2.05, 4.69) is 47.3 Å². The van der Waals surface area contributed by atoms with Gasteiger partial charge in [0.2, 0.25) is 0 Å². The summed E-state index contributed by atoms with van der Waals surface area (Å²) < 4.78 is 6.18. The molecule has 0 spiro atoms. The molecule has 1 rings (SSSR count). The SMILES string of the molecule is CC1(C)CC(O[Si](C)(C)C)CC(C)(C)[NH+]1[O-]. The number of hydrogen-bond acceptors (Lipinski definition) is 2. The van der Waals surface area contributed by atoms with E-state index in [9.17, 15) is 5.21 Å². The van der Waals surface area contributed by atoms with E-state index in [1.165, 1.54) is 0 Å². The Morgan fingerprint density at radius 3 is 1.75 bits per heavy atom. The zero-order chi connectivity index (χ0) is 12.8. The summed E-state index contributed by atoms with van der Waals surface area (Å²) in [6, 6.07) is 0. The summed E-state index contributed by atoms with van der Waals surface area (Å²) in [6.07, 6.45) is 2.01. The number of hydroxylamine groups is 2. The second-order valence-corrected chi connectivity index (χ2v) is 11.8. The Labute approximate surface area is 101 Å². The Hall–Kier alpha value is 0.0969. The second kappa shape index (κ2) is 4.09. The van der Waals surface area contributed by atoms with Gasteiger partial charge in [0, 0.05) is 12.8 Å². The fraction of sp³-hybridized carbons (Fsp3) is 1.00. The van der Waals surface area contributed by atoms with Gasteiger partial charge < -0.3 is 14.7 Å². The van der Waals surface area contributed by atoms with Crippen LogP contribution in [0.3, 0.4) is 0 Å². The van der Waals surface area contributed by atoms with Crippen molar-refractivity contribution in [3.05, 3.63) is 5.21 Å². The maximum absolute atomic E-state index is 12.2. The highest BCUT2D eigenvalue weighted by Gasteiger charge is 2.46. The van der Waals surface area contributed by atoms with Gasteiger partial charge in [-0.25, -0.2) is 0 Å². The highest BCUT2D eigenvalue weighted by molar-refractivity contribution is 6.69. The van der Waals surface area contributed by atoms with Crippen LogP contribution in [0.25, 0.3) is 0 Å². The quantitative estimate of drug-likeness (QED) is 0.596. The van der Waals surface area contributed by atoms with Gasteiger partial charge >= 0.3 is 0 Å². The predicted octanol–water partition coefficient (Wildman–Crippen LogP) is 1.94. The lowest BCUT2D eigenvalue weighted by Crippen LogP contribution is -3.23. The largest absolute Gasteiger partial charge is 0.634 e. The lowest BCUT2D eigenvalue weighted by atomic mass is 9.80. The molecule has 0 amide bonds. The van der Waals surface area contributed by atoms with Crippen LogP contribution in [0.1, 0.15) is 40.5 Å². The summed E-state index contributed by atoms with van der Waals surface area (Å²) >= 11 is 0. The minimum Gasteiger partial charge on any atom is -0.634 e. The average molecular weight is 245 g/mol. The van der Waals surface area contributed by atoms with Crippen molar-refractivity contribution in [3.63, 3.8) is 0 Å². The number of quaternary nitrogens is 1. The van der Waals surface area contributed by atoms with E-state index in [-0.39, 0.29) is 17.2 Å². The molecule has 1 saturated heterocycles. The minimum atomic E-state index is -1.50. The van der Waals surface area contributed by atoms with Crippen LogP contribution in [0.15, 0.2) is 0 Å². The van der Waals surface area contributed by atoms with Gasteiger partial charge in [0.25, 0.3) is 0 Å². The smallest absolute Gasteiger partial charge is 0.184 e. The molecule has 0 aromatic carbocycles. The van der Waals surface area contributed by atoms with Crippen molar-refractivity contribution in [2.45, 2.75) is 77.4 Å². The van der Waals surface area contributed by atoms with Crippen LogP contribution >= 0.6 is 0 Å². The highest BCUT2D eigenvalue weighted by Crippen LogP contribution is 2.27. The third-order valence-corrected chi connectivity index (χ3v) is 4.27. The molecule has 0 saturated carbocycles. The van der Waals surface area contributed by atoms with Crippen molar-refractivity contribution in [1.29, 1.82) is 0 Å². The van der Waals surface area contributed by atoms with Crippen LogP contribution in [0.4, 0.5) is 0 Å². The van der Waals surface area contributed by atoms with Crippen molar-refractivity contribution < 1.29 is 9.49 Å². The molecule has 1 fully saturated rings. The summed E-state index contributed by atoms with van der Waals surface area (Å²) in [5.74, 6) is 0. The lowest BCUT2D eigenvalue weighted by molar-refractivity contribution is -0.956. The summed E-state index contributed by atoms with van der Waals surface area (Å²) in [5, 5.41) is 12.6. The zero-order valence-electron chi connectivity index (χ0n) is 11.8. The van der Waals surface area contributed by atoms with Crippen LogP contribution in [-0.4, -0.2) is 25.5 Å². The van der Waals surface area contributed by atoms with Gasteiger partial charge in [0.15, 0.2) is 8.32 Å². The van der Waals surface area contributed by atoms with Crippen molar-refractivity contribution >= 4 is 8.32 Å². The Morgan fingerprint density at radius 1 is 1.06 bits per heavy atom. The molecule has 1 aliphatic heterocycles. The molecule has 0 aromatic rings. The molecular formula is C12H27NO2Si. The summed E-state index contributed by atoms with van der Waals surface area (Å²) in [4.78, 5) is 0. The summed E-state index contributed by atoms with van der Waals surface area (Å²) in [6.45, 7) is 14.8. The fourth-order valence-electron chi connectivity index (χ4n) is 2.90. The van der Waals surface area contributed by atoms with Crippen LogP contribution in [0.5, 0.6) is 0 Å². The van der Waals surface area contributed by atoms with E-state index < -0.39 is 8.32 Å². The number of nitrogens with one attached hydrogen (secondary N) is 1. The minimum absolute atomic E-state index is 0.230. The molecule has 0 aliphatic carbocycles. The Balaban J connectivity index is 2.79. The Bertz CT molecular complexity index is 240. The van der Waals surface area contributed by atoms with Gasteiger partial charge in [0.1, 0.15) is 0 Å². The Kier molecular flexibility index (Phi) is 3.62. The summed E-state index contributed by atoms with van der Waals surface area (Å²) in [5.41, 5.74) is -0.460. The first-order chi connectivity index (χ1) is 6.94. The van der Waals surface area contributed by atoms with Crippen LogP contribution < -0.4 is 5.06 Å². The van der Waals surface area contributed by atoms with E-state index in [0.717, 1.165) is 12.8 Å². The molecule has 1 heterocycles. The molecule has 0 aromatic heterocycles. The summed E-state index contributed by atoms with van der Waals surface area (Å²) in [7, 11) is -1.50. The number of piperidine rings is 1. The molecule has 0 unspecified atom stereocenters. The first kappa shape index (κ1) is 14.2. The van der Waals surface area contributed by atoms with E-state index in [1.54, 1.807) is 0 Å². The van der Waals surface area contributed by atoms with E-state index in [0.29, 0.717) is 5.06 Å². The molecule has 1 N–H and O–H groups in total. The molecule has 16 heavy (non-hydrogen) atoms. The predicted molar refractivity (Wildman–Crippen MR) is 69.9 cm³/mol. The maximum Gasteiger partial charge on any atom is 0.184 e. The van der Waals surface area contributed by atoms with Gasteiger partial charge in [0.05, 0.1) is 17.2 Å². The molecule has 4 heteroatoms. The molecule has 96 valence electrons. The maximum atomic E-state index is 12.2. The topological polar surface area (TPSA) is 36.7 Å². The van der Waals surface area contributed by atoms with Crippen molar-refractivity contribution in [3.8, 4) is 0 Å². The number of hydrogen-bond donors (Lipinski definition) is 1. The third kappa shape index (κ3) is 3.29. The fourth-order valence-corrected chi connectivity index (χ4v) is 4.06. The number of rotatable bonds is 2. The highest BCUT2D eigenvalue weighted by atomic mass is 28.4. The molecule has 3 nitrogen and oxygen atoms in total. The van der Waals surface area contributed by atoms with Gasteiger partial charge in [-0.15, -0.1) is 0 Å². The standard InChI is InChI=1S/C12H27NO2Si/c1-11(2)8-10(15-16(5,6)7)9-12(3,4)13(11)14/h10,13H,8-9H2,1-7H3. The molecule has 1 aliphatic rings. The Morgan fingerprint density at radius 2 is 1.44 bits per heavy atom.